The molecule has 37 heavy (non-hydrogen) atoms. The molecule has 3 aliphatic heterocycles. The van der Waals surface area contributed by atoms with E-state index in [2.05, 4.69) is 27.0 Å². The molecule has 0 spiro atoms. The summed E-state index contributed by atoms with van der Waals surface area (Å²) in [6, 6.07) is 5.22. The Morgan fingerprint density at radius 3 is 2.54 bits per heavy atom. The summed E-state index contributed by atoms with van der Waals surface area (Å²) in [5, 5.41) is 4.67. The maximum Gasteiger partial charge on any atom is 0.227 e. The molecule has 1 atom stereocenters. The molecule has 0 radical (unpaired) electrons. The normalized spacial score (nSPS) is 23.4. The van der Waals surface area contributed by atoms with E-state index in [9.17, 15) is 4.39 Å². The molecule has 4 aliphatic rings. The van der Waals surface area contributed by atoms with Crippen LogP contribution in [0.5, 0.6) is 5.75 Å². The van der Waals surface area contributed by atoms with Crippen molar-refractivity contribution >= 4 is 22.7 Å². The summed E-state index contributed by atoms with van der Waals surface area (Å²) in [6.45, 7) is 6.65. The molecule has 4 heterocycles. The summed E-state index contributed by atoms with van der Waals surface area (Å²) >= 11 is 0. The second-order valence-corrected chi connectivity index (χ2v) is 11.1. The van der Waals surface area contributed by atoms with E-state index in [0.29, 0.717) is 31.5 Å². The van der Waals surface area contributed by atoms with Crippen LogP contribution in [0.2, 0.25) is 0 Å². The number of rotatable bonds is 7. The van der Waals surface area contributed by atoms with Crippen LogP contribution in [-0.4, -0.2) is 90.9 Å². The summed E-state index contributed by atoms with van der Waals surface area (Å²) in [6.07, 6.45) is 8.05. The zero-order valence-corrected chi connectivity index (χ0v) is 22.0. The van der Waals surface area contributed by atoms with Gasteiger partial charge in [-0.25, -0.2) is 9.37 Å². The van der Waals surface area contributed by atoms with E-state index >= 15 is 0 Å². The Morgan fingerprint density at radius 2 is 1.84 bits per heavy atom. The molecule has 198 valence electrons. The van der Waals surface area contributed by atoms with Gasteiger partial charge in [-0.1, -0.05) is 11.8 Å². The van der Waals surface area contributed by atoms with Crippen molar-refractivity contribution in [2.24, 2.45) is 0 Å². The van der Waals surface area contributed by atoms with E-state index in [1.54, 1.807) is 7.11 Å². The highest BCUT2D eigenvalue weighted by Crippen LogP contribution is 2.34. The van der Waals surface area contributed by atoms with E-state index in [0.717, 1.165) is 73.0 Å². The third-order valence-corrected chi connectivity index (χ3v) is 8.33. The van der Waals surface area contributed by atoms with Gasteiger partial charge in [0.1, 0.15) is 17.7 Å². The number of methoxy groups -OCH3 is 1. The Balaban J connectivity index is 1.27. The van der Waals surface area contributed by atoms with E-state index in [1.807, 2.05) is 17.0 Å². The van der Waals surface area contributed by atoms with Crippen molar-refractivity contribution in [1.29, 1.82) is 0 Å². The van der Waals surface area contributed by atoms with Crippen molar-refractivity contribution in [1.82, 2.24) is 19.8 Å². The van der Waals surface area contributed by atoms with Crippen LogP contribution in [0.3, 0.4) is 0 Å². The number of nitrogens with zero attached hydrogens (tertiary/aromatic N) is 5. The molecule has 1 saturated carbocycles. The number of halogens is 1. The molecule has 7 nitrogen and oxygen atoms in total. The van der Waals surface area contributed by atoms with Crippen LogP contribution in [0.1, 0.15) is 56.9 Å². The molecule has 6 rings (SSSR count). The van der Waals surface area contributed by atoms with Gasteiger partial charge < -0.3 is 24.8 Å². The second-order valence-electron chi connectivity index (χ2n) is 11.1. The Bertz CT molecular complexity index is 1160. The maximum atomic E-state index is 14.0. The molecule has 4 fully saturated rings. The summed E-state index contributed by atoms with van der Waals surface area (Å²) in [7, 11) is 1.69. The lowest BCUT2D eigenvalue weighted by atomic mass is 10.0. The molecule has 3 saturated heterocycles. The number of piperidine rings is 1. The zero-order valence-electron chi connectivity index (χ0n) is 22.0. The Kier molecular flexibility index (Phi) is 7.34. The van der Waals surface area contributed by atoms with Crippen LogP contribution in [0.4, 0.5) is 16.2 Å². The number of anilines is 2. The molecule has 0 unspecified atom stereocenters. The van der Waals surface area contributed by atoms with Gasteiger partial charge in [0.15, 0.2) is 0 Å². The van der Waals surface area contributed by atoms with Gasteiger partial charge in [-0.05, 0) is 70.2 Å². The Morgan fingerprint density at radius 1 is 1.03 bits per heavy atom. The number of likely N-dealkylation sites (tertiary alicyclic amines) is 2. The van der Waals surface area contributed by atoms with Gasteiger partial charge in [-0.15, -0.1) is 0 Å². The lowest BCUT2D eigenvalue weighted by Gasteiger charge is -2.33. The van der Waals surface area contributed by atoms with Crippen molar-refractivity contribution in [3.63, 3.8) is 0 Å². The minimum atomic E-state index is -0.824. The third kappa shape index (κ3) is 5.78. The van der Waals surface area contributed by atoms with Crippen molar-refractivity contribution in [3.8, 4) is 17.6 Å². The summed E-state index contributed by atoms with van der Waals surface area (Å²) < 4.78 is 19.8. The van der Waals surface area contributed by atoms with Gasteiger partial charge in [0.2, 0.25) is 5.95 Å². The number of hydrogen-bond acceptors (Lipinski definition) is 7. The first kappa shape index (κ1) is 24.7. The molecular formula is C29H39FN6O. The number of ether oxygens (including phenoxy) is 1. The van der Waals surface area contributed by atoms with Crippen LogP contribution in [0, 0.1) is 11.8 Å². The highest BCUT2D eigenvalue weighted by Gasteiger charge is 2.32. The topological polar surface area (TPSA) is 56.8 Å². The van der Waals surface area contributed by atoms with E-state index in [1.165, 1.54) is 38.8 Å². The standard InChI is InChI=1S/C29H39FN6O/c1-37-27-19-25-26(18-21(27)6-2-3-12-34-13-4-5-14-34)32-29(36-15-9-22(30)20-36)33-28(25)31-23-10-16-35(17-11-23)24-7-8-24/h18-19,22-24H,3-5,7-17,20H2,1H3,(H,31,32,33)/t22-/m1/s1. The number of nitrogens with one attached hydrogen (secondary N) is 1. The van der Waals surface area contributed by atoms with Gasteiger partial charge in [0, 0.05) is 50.1 Å². The minimum Gasteiger partial charge on any atom is -0.495 e. The molecule has 1 N–H and O–H groups in total. The monoisotopic (exact) mass is 506 g/mol. The first-order valence-corrected chi connectivity index (χ1v) is 14.2. The van der Waals surface area contributed by atoms with Gasteiger partial charge in [0.25, 0.3) is 0 Å². The maximum absolute atomic E-state index is 14.0. The predicted octanol–water partition coefficient (Wildman–Crippen LogP) is 4.06. The molecule has 1 aromatic carbocycles. The van der Waals surface area contributed by atoms with Gasteiger partial charge in [-0.2, -0.15) is 4.98 Å². The number of benzene rings is 1. The summed E-state index contributed by atoms with van der Waals surface area (Å²) in [5.41, 5.74) is 1.67. The first-order chi connectivity index (χ1) is 18.2. The molecule has 1 aromatic heterocycles. The van der Waals surface area contributed by atoms with Crippen molar-refractivity contribution in [2.75, 3.05) is 63.1 Å². The SMILES string of the molecule is COc1cc2c(NC3CCN(C4CC4)CC3)nc(N3CC[C@@H](F)C3)nc2cc1C#CCCN1CCCC1. The molecule has 0 amide bonds. The van der Waals surface area contributed by atoms with Crippen LogP contribution in [0.25, 0.3) is 10.9 Å². The largest absolute Gasteiger partial charge is 0.495 e. The number of alkyl halides is 1. The fraction of sp³-hybridized carbons (Fsp3) is 0.655. The molecule has 0 bridgehead atoms. The number of hydrogen-bond donors (Lipinski definition) is 1. The number of fused-ring (bicyclic) bond motifs is 1. The minimum absolute atomic E-state index is 0.351. The Hall–Kier alpha value is -2.63. The van der Waals surface area contributed by atoms with E-state index < -0.39 is 6.17 Å². The highest BCUT2D eigenvalue weighted by atomic mass is 19.1. The van der Waals surface area contributed by atoms with Crippen molar-refractivity contribution < 1.29 is 9.13 Å². The van der Waals surface area contributed by atoms with Gasteiger partial charge >= 0.3 is 0 Å². The zero-order chi connectivity index (χ0) is 25.2. The van der Waals surface area contributed by atoms with Crippen molar-refractivity contribution in [3.05, 3.63) is 17.7 Å². The lowest BCUT2D eigenvalue weighted by molar-refractivity contribution is 0.210. The lowest BCUT2D eigenvalue weighted by Crippen LogP contribution is -2.40. The average Bonchev–Trinajstić information content (AvgIpc) is 3.45. The number of aromatic nitrogens is 2. The van der Waals surface area contributed by atoms with Crippen LogP contribution in [-0.2, 0) is 0 Å². The second kappa shape index (κ2) is 11.0. The van der Waals surface area contributed by atoms with Crippen LogP contribution >= 0.6 is 0 Å². The van der Waals surface area contributed by atoms with E-state index in [4.69, 9.17) is 14.7 Å². The van der Waals surface area contributed by atoms with Gasteiger partial charge in [0.05, 0.1) is 24.7 Å². The summed E-state index contributed by atoms with van der Waals surface area (Å²) in [5.74, 6) is 8.85. The van der Waals surface area contributed by atoms with Crippen LogP contribution in [0.15, 0.2) is 12.1 Å². The molecule has 2 aromatic rings. The highest BCUT2D eigenvalue weighted by molar-refractivity contribution is 5.93. The average molecular weight is 507 g/mol. The molecular weight excluding hydrogens is 467 g/mol. The third-order valence-electron chi connectivity index (χ3n) is 8.33. The molecule has 8 heteroatoms. The van der Waals surface area contributed by atoms with Crippen molar-refractivity contribution in [2.45, 2.75) is 69.6 Å². The quantitative estimate of drug-likeness (QED) is 0.569. The Labute approximate surface area is 219 Å². The fourth-order valence-corrected chi connectivity index (χ4v) is 5.98. The predicted molar refractivity (Wildman–Crippen MR) is 146 cm³/mol. The molecule has 1 aliphatic carbocycles. The smallest absolute Gasteiger partial charge is 0.227 e. The van der Waals surface area contributed by atoms with Crippen LogP contribution < -0.4 is 15.0 Å². The fourth-order valence-electron chi connectivity index (χ4n) is 5.98. The summed E-state index contributed by atoms with van der Waals surface area (Å²) in [4.78, 5) is 16.9. The first-order valence-electron chi connectivity index (χ1n) is 14.2. The van der Waals surface area contributed by atoms with E-state index in [-0.39, 0.29) is 0 Å². The van der Waals surface area contributed by atoms with Gasteiger partial charge in [-0.3, -0.25) is 0 Å².